The Balaban J connectivity index is 1.71. The minimum atomic E-state index is -1.08. The van der Waals surface area contributed by atoms with Gasteiger partial charge >= 0.3 is 5.97 Å². The fourth-order valence-corrected chi connectivity index (χ4v) is 2.61. The van der Waals surface area contributed by atoms with Crippen LogP contribution in [-0.2, 0) is 14.3 Å². The first-order valence-electron chi connectivity index (χ1n) is 8.36. The molecule has 2 rings (SSSR count). The Kier molecular flexibility index (Phi) is 7.77. The lowest BCUT2D eigenvalue weighted by Gasteiger charge is -2.26. The van der Waals surface area contributed by atoms with Crippen molar-refractivity contribution in [1.82, 2.24) is 10.2 Å². The van der Waals surface area contributed by atoms with Crippen molar-refractivity contribution >= 4 is 17.6 Å². The van der Waals surface area contributed by atoms with Crippen molar-refractivity contribution in [3.8, 4) is 0 Å². The van der Waals surface area contributed by atoms with E-state index >= 15 is 0 Å². The molecule has 8 heteroatoms. The Morgan fingerprint density at radius 2 is 2.08 bits per heavy atom. The number of morpholine rings is 1. The van der Waals surface area contributed by atoms with Crippen molar-refractivity contribution in [3.05, 3.63) is 30.1 Å². The maximum absolute atomic E-state index is 13.1. The number of nitrogens with zero attached hydrogens (tertiary/aromatic N) is 1. The lowest BCUT2D eigenvalue weighted by Crippen LogP contribution is -2.42. The van der Waals surface area contributed by atoms with Crippen molar-refractivity contribution < 1.29 is 23.8 Å². The van der Waals surface area contributed by atoms with Crippen LogP contribution in [0.15, 0.2) is 24.3 Å². The topological polar surface area (TPSA) is 90.9 Å². The first kappa shape index (κ1) is 19.3. The van der Waals surface area contributed by atoms with Crippen LogP contribution in [0.25, 0.3) is 0 Å². The lowest BCUT2D eigenvalue weighted by molar-refractivity contribution is -0.141. The van der Waals surface area contributed by atoms with Gasteiger partial charge in [-0.1, -0.05) is 6.07 Å². The summed E-state index contributed by atoms with van der Waals surface area (Å²) in [6.45, 7) is 4.59. The number of carbonyl (C=O) groups is 2. The van der Waals surface area contributed by atoms with E-state index in [0.29, 0.717) is 12.2 Å². The van der Waals surface area contributed by atoms with Crippen LogP contribution in [0.2, 0.25) is 0 Å². The molecule has 1 fully saturated rings. The van der Waals surface area contributed by atoms with Crippen LogP contribution in [0.5, 0.6) is 0 Å². The smallest absolute Gasteiger partial charge is 0.321 e. The van der Waals surface area contributed by atoms with Crippen LogP contribution in [0, 0.1) is 5.82 Å². The molecule has 1 saturated heterocycles. The maximum Gasteiger partial charge on any atom is 0.321 e. The van der Waals surface area contributed by atoms with E-state index in [9.17, 15) is 19.1 Å². The minimum Gasteiger partial charge on any atom is -0.480 e. The Hall–Kier alpha value is -2.03. The van der Waals surface area contributed by atoms with Crippen molar-refractivity contribution in [1.29, 1.82) is 0 Å². The van der Waals surface area contributed by atoms with Gasteiger partial charge in [0.2, 0.25) is 5.91 Å². The highest BCUT2D eigenvalue weighted by atomic mass is 19.1. The third kappa shape index (κ3) is 7.16. The summed E-state index contributed by atoms with van der Waals surface area (Å²) < 4.78 is 18.4. The highest BCUT2D eigenvalue weighted by Crippen LogP contribution is 2.10. The molecule has 0 aromatic heterocycles. The predicted octanol–water partition coefficient (Wildman–Crippen LogP) is 0.919. The van der Waals surface area contributed by atoms with Crippen molar-refractivity contribution in [3.63, 3.8) is 0 Å². The Labute approximate surface area is 146 Å². The molecule has 0 saturated carbocycles. The van der Waals surface area contributed by atoms with Gasteiger partial charge in [0.25, 0.3) is 0 Å². The second-order valence-electron chi connectivity index (χ2n) is 5.92. The summed E-state index contributed by atoms with van der Waals surface area (Å²) in [5, 5.41) is 14.7. The van der Waals surface area contributed by atoms with Crippen molar-refractivity contribution in [2.24, 2.45) is 0 Å². The SMILES string of the molecule is O=C(C[C@H](NCCCN1CCOCC1)C(=O)O)Nc1cccc(F)c1. The number of hydrogen-bond donors (Lipinski definition) is 3. The van der Waals surface area contributed by atoms with Crippen molar-refractivity contribution in [2.45, 2.75) is 18.9 Å². The molecule has 1 aliphatic rings. The average Bonchev–Trinajstić information content (AvgIpc) is 2.58. The van der Waals surface area contributed by atoms with E-state index in [-0.39, 0.29) is 6.42 Å². The molecule has 1 aliphatic heterocycles. The summed E-state index contributed by atoms with van der Waals surface area (Å²) >= 11 is 0. The number of nitrogens with one attached hydrogen (secondary N) is 2. The largest absolute Gasteiger partial charge is 0.480 e. The van der Waals surface area contributed by atoms with E-state index in [1.54, 1.807) is 6.07 Å². The zero-order valence-corrected chi connectivity index (χ0v) is 14.0. The molecule has 1 atom stereocenters. The fourth-order valence-electron chi connectivity index (χ4n) is 2.61. The molecule has 3 N–H and O–H groups in total. The molecule has 0 radical (unpaired) electrons. The second-order valence-corrected chi connectivity index (χ2v) is 5.92. The van der Waals surface area contributed by atoms with Gasteiger partial charge < -0.3 is 20.5 Å². The number of carbonyl (C=O) groups excluding carboxylic acids is 1. The molecule has 25 heavy (non-hydrogen) atoms. The number of aliphatic carboxylic acids is 1. The maximum atomic E-state index is 13.1. The standard InChI is InChI=1S/C17H24FN3O4/c18-13-3-1-4-14(11-13)20-16(22)12-15(17(23)24)19-5-2-6-21-7-9-25-10-8-21/h1,3-4,11,15,19H,2,5-10,12H2,(H,20,22)(H,23,24)/t15-/m0/s1. The van der Waals surface area contributed by atoms with E-state index in [4.69, 9.17) is 4.74 Å². The van der Waals surface area contributed by atoms with Crippen molar-refractivity contribution in [2.75, 3.05) is 44.7 Å². The Morgan fingerprint density at radius 1 is 1.32 bits per heavy atom. The molecule has 0 bridgehead atoms. The summed E-state index contributed by atoms with van der Waals surface area (Å²) in [6.07, 6.45) is 0.568. The number of anilines is 1. The number of carboxylic acids is 1. The van der Waals surface area contributed by atoms with Crippen LogP contribution in [0.3, 0.4) is 0 Å². The van der Waals surface area contributed by atoms with Gasteiger partial charge in [-0.3, -0.25) is 14.5 Å². The van der Waals surface area contributed by atoms with Crippen LogP contribution in [0.4, 0.5) is 10.1 Å². The zero-order valence-electron chi connectivity index (χ0n) is 14.0. The third-order valence-electron chi connectivity index (χ3n) is 3.94. The fraction of sp³-hybridized carbons (Fsp3) is 0.529. The summed E-state index contributed by atoms with van der Waals surface area (Å²) in [5.74, 6) is -2.02. The predicted molar refractivity (Wildman–Crippen MR) is 90.9 cm³/mol. The normalized spacial score (nSPS) is 16.4. The van der Waals surface area contributed by atoms with Gasteiger partial charge in [0.05, 0.1) is 19.6 Å². The number of carboxylic acid groups (broad SMARTS) is 1. The minimum absolute atomic E-state index is 0.219. The van der Waals surface area contributed by atoms with Gasteiger partial charge in [-0.15, -0.1) is 0 Å². The second kappa shape index (κ2) is 10.1. The monoisotopic (exact) mass is 353 g/mol. The first-order valence-corrected chi connectivity index (χ1v) is 8.36. The molecule has 0 spiro atoms. The molecule has 1 aromatic carbocycles. The van der Waals surface area contributed by atoms with E-state index in [2.05, 4.69) is 15.5 Å². The third-order valence-corrected chi connectivity index (χ3v) is 3.94. The molecule has 0 aliphatic carbocycles. The lowest BCUT2D eigenvalue weighted by atomic mass is 10.2. The summed E-state index contributed by atoms with van der Waals surface area (Å²) in [6, 6.07) is 4.50. The molecule has 1 amide bonds. The molecule has 1 aromatic rings. The molecule has 138 valence electrons. The number of ether oxygens (including phenoxy) is 1. The van der Waals surface area contributed by atoms with Gasteiger partial charge in [-0.05, 0) is 37.7 Å². The number of rotatable bonds is 9. The van der Waals surface area contributed by atoms with Gasteiger partial charge in [-0.2, -0.15) is 0 Å². The van der Waals surface area contributed by atoms with Gasteiger partial charge in [0.15, 0.2) is 0 Å². The summed E-state index contributed by atoms with van der Waals surface area (Å²) in [5.41, 5.74) is 0.307. The summed E-state index contributed by atoms with van der Waals surface area (Å²) in [4.78, 5) is 25.5. The average molecular weight is 353 g/mol. The van der Waals surface area contributed by atoms with E-state index in [1.165, 1.54) is 18.2 Å². The number of amides is 1. The molecule has 1 heterocycles. The zero-order chi connectivity index (χ0) is 18.1. The van der Waals surface area contributed by atoms with E-state index in [1.807, 2.05) is 0 Å². The Bertz CT molecular complexity index is 579. The van der Waals surface area contributed by atoms with Crippen LogP contribution < -0.4 is 10.6 Å². The van der Waals surface area contributed by atoms with E-state index in [0.717, 1.165) is 39.3 Å². The van der Waals surface area contributed by atoms with Crippen LogP contribution in [0.1, 0.15) is 12.8 Å². The van der Waals surface area contributed by atoms with E-state index < -0.39 is 23.7 Å². The van der Waals surface area contributed by atoms with Crippen LogP contribution >= 0.6 is 0 Å². The van der Waals surface area contributed by atoms with Gasteiger partial charge in [0.1, 0.15) is 11.9 Å². The van der Waals surface area contributed by atoms with Gasteiger partial charge in [-0.25, -0.2) is 4.39 Å². The molecular weight excluding hydrogens is 329 g/mol. The molecular formula is C17H24FN3O4. The Morgan fingerprint density at radius 3 is 2.76 bits per heavy atom. The highest BCUT2D eigenvalue weighted by Gasteiger charge is 2.21. The van der Waals surface area contributed by atoms with Crippen LogP contribution in [-0.4, -0.2) is 67.3 Å². The first-order chi connectivity index (χ1) is 12.0. The number of halogens is 1. The number of hydrogen-bond acceptors (Lipinski definition) is 5. The summed E-state index contributed by atoms with van der Waals surface area (Å²) in [7, 11) is 0. The van der Waals surface area contributed by atoms with Gasteiger partial charge in [0, 0.05) is 18.8 Å². The quantitative estimate of drug-likeness (QED) is 0.572. The number of benzene rings is 1. The highest BCUT2D eigenvalue weighted by molar-refractivity contribution is 5.94. The molecule has 7 nitrogen and oxygen atoms in total. The molecule has 0 unspecified atom stereocenters.